The number of hydrogen-bond acceptors (Lipinski definition) is 3. The number of anilines is 1. The monoisotopic (exact) mass is 263 g/mol. The Morgan fingerprint density at radius 3 is 2.50 bits per heavy atom. The Morgan fingerprint density at radius 2 is 2.00 bits per heavy atom. The summed E-state index contributed by atoms with van der Waals surface area (Å²) in [5, 5.41) is 0.984. The zero-order valence-electron chi connectivity index (χ0n) is 11.5. The molecule has 0 atom stereocenters. The van der Waals surface area contributed by atoms with Crippen LogP contribution in [0.1, 0.15) is 48.6 Å². The maximum atomic E-state index is 11.5. The van der Waals surface area contributed by atoms with Gasteiger partial charge in [0.2, 0.25) is 0 Å². The molecule has 0 unspecified atom stereocenters. The molecule has 2 heterocycles. The largest absolute Gasteiger partial charge is 0.397 e. The van der Waals surface area contributed by atoms with E-state index in [1.807, 2.05) is 6.92 Å². The van der Waals surface area contributed by atoms with Crippen molar-refractivity contribution in [3.63, 3.8) is 0 Å². The van der Waals surface area contributed by atoms with Gasteiger partial charge in [-0.1, -0.05) is 32.1 Å². The molecule has 3 N–H and O–H groups in total. The summed E-state index contributed by atoms with van der Waals surface area (Å²) >= 11 is 1.45. The number of aromatic nitrogens is 1. The smallest absolute Gasteiger partial charge is 0.270 e. The van der Waals surface area contributed by atoms with Gasteiger partial charge in [0.05, 0.1) is 16.0 Å². The van der Waals surface area contributed by atoms with Gasteiger partial charge >= 0.3 is 0 Å². The predicted molar refractivity (Wildman–Crippen MR) is 76.2 cm³/mol. The first-order valence-electron chi connectivity index (χ1n) is 5.98. The number of carbonyl (C=O) groups excluding carboxylic acids is 1. The molecule has 2 aromatic rings. The number of aryl methyl sites for hydroxylation is 1. The second kappa shape index (κ2) is 4.05. The molecule has 2 rings (SSSR count). The first-order valence-corrected chi connectivity index (χ1v) is 6.79. The zero-order chi connectivity index (χ0) is 13.7. The van der Waals surface area contributed by atoms with Crippen molar-refractivity contribution in [1.29, 1.82) is 0 Å². The molecule has 0 saturated carbocycles. The number of H-pyrrole nitrogens is 1. The van der Waals surface area contributed by atoms with Crippen LogP contribution in [0, 0.1) is 6.92 Å². The van der Waals surface area contributed by atoms with Crippen LogP contribution in [0.15, 0.2) is 6.07 Å². The van der Waals surface area contributed by atoms with Crippen LogP contribution in [-0.2, 0) is 5.41 Å². The van der Waals surface area contributed by atoms with Crippen LogP contribution in [0.5, 0.6) is 0 Å². The summed E-state index contributed by atoms with van der Waals surface area (Å²) in [7, 11) is 0. The molecule has 96 valence electrons. The van der Waals surface area contributed by atoms with E-state index < -0.39 is 0 Å². The maximum Gasteiger partial charge on any atom is 0.270 e. The highest BCUT2D eigenvalue weighted by atomic mass is 32.1. The number of nitrogen functional groups attached to an aromatic ring is 1. The molecular formula is C14H19N2OS+. The summed E-state index contributed by atoms with van der Waals surface area (Å²) in [4.78, 5) is 16.6. The van der Waals surface area contributed by atoms with Gasteiger partial charge in [0, 0.05) is 18.4 Å². The van der Waals surface area contributed by atoms with Crippen molar-refractivity contribution in [3.8, 4) is 0 Å². The highest BCUT2D eigenvalue weighted by Gasteiger charge is 2.26. The highest BCUT2D eigenvalue weighted by Crippen LogP contribution is 2.34. The molecule has 0 aliphatic heterocycles. The summed E-state index contributed by atoms with van der Waals surface area (Å²) in [6, 6.07) is 2.12. The lowest BCUT2D eigenvalue weighted by Gasteiger charge is -2.13. The first-order chi connectivity index (χ1) is 8.21. The van der Waals surface area contributed by atoms with E-state index in [1.165, 1.54) is 11.3 Å². The number of nitrogens with one attached hydrogen (secondary N) is 1. The Bertz CT molecular complexity index is 635. The van der Waals surface area contributed by atoms with Crippen LogP contribution >= 0.6 is 11.3 Å². The summed E-state index contributed by atoms with van der Waals surface area (Å²) in [6.45, 7) is 10.1. The lowest BCUT2D eigenvalue weighted by atomic mass is 9.90. The van der Waals surface area contributed by atoms with Gasteiger partial charge in [0.1, 0.15) is 0 Å². The second-order valence-corrected chi connectivity index (χ2v) is 6.74. The lowest BCUT2D eigenvalue weighted by molar-refractivity contribution is -0.361. The van der Waals surface area contributed by atoms with Gasteiger partial charge in [0.15, 0.2) is 11.5 Å². The molecule has 0 spiro atoms. The number of Topliss-reactive ketones (excluding diaryl/α,β-unsaturated/α-hetero) is 1. The van der Waals surface area contributed by atoms with Crippen molar-refractivity contribution in [2.24, 2.45) is 0 Å². The zero-order valence-corrected chi connectivity index (χ0v) is 12.3. The number of nitrogens with two attached hydrogens (primary N) is 1. The topological polar surface area (TPSA) is 57.2 Å². The van der Waals surface area contributed by atoms with Crippen LogP contribution in [0.25, 0.3) is 10.2 Å². The molecule has 0 fully saturated rings. The molecule has 0 bridgehead atoms. The van der Waals surface area contributed by atoms with Crippen LogP contribution in [0.2, 0.25) is 0 Å². The lowest BCUT2D eigenvalue weighted by Crippen LogP contribution is -2.24. The van der Waals surface area contributed by atoms with E-state index in [0.717, 1.165) is 21.5 Å². The van der Waals surface area contributed by atoms with E-state index in [9.17, 15) is 4.79 Å². The molecular weight excluding hydrogens is 244 g/mol. The molecule has 0 aromatic carbocycles. The van der Waals surface area contributed by atoms with Crippen molar-refractivity contribution in [2.45, 2.75) is 40.0 Å². The third-order valence-electron chi connectivity index (χ3n) is 3.08. The Morgan fingerprint density at radius 1 is 1.39 bits per heavy atom. The Kier molecular flexibility index (Phi) is 2.93. The van der Waals surface area contributed by atoms with Crippen molar-refractivity contribution in [3.05, 3.63) is 22.2 Å². The second-order valence-electron chi connectivity index (χ2n) is 5.72. The number of aromatic amines is 1. The van der Waals surface area contributed by atoms with E-state index in [2.05, 4.69) is 31.8 Å². The normalized spacial score (nSPS) is 12.1. The number of hydrogen-bond donors (Lipinski definition) is 1. The van der Waals surface area contributed by atoms with Crippen LogP contribution in [0.4, 0.5) is 5.69 Å². The minimum absolute atomic E-state index is 0.0267. The molecule has 0 aliphatic carbocycles. The molecule has 3 nitrogen and oxygen atoms in total. The van der Waals surface area contributed by atoms with Gasteiger partial charge < -0.3 is 5.73 Å². The number of pyridine rings is 1. The number of carbonyl (C=O) groups is 1. The summed E-state index contributed by atoms with van der Waals surface area (Å²) < 4.78 is 0. The molecule has 4 heteroatoms. The maximum absolute atomic E-state index is 11.5. The van der Waals surface area contributed by atoms with E-state index in [0.29, 0.717) is 10.6 Å². The summed E-state index contributed by atoms with van der Waals surface area (Å²) in [5.41, 5.74) is 9.00. The van der Waals surface area contributed by atoms with Crippen LogP contribution in [0.3, 0.4) is 0 Å². The fourth-order valence-corrected chi connectivity index (χ4v) is 3.13. The third-order valence-corrected chi connectivity index (χ3v) is 4.30. The van der Waals surface area contributed by atoms with Crippen LogP contribution < -0.4 is 10.7 Å². The Balaban J connectivity index is 2.79. The van der Waals surface area contributed by atoms with E-state index >= 15 is 0 Å². The standard InChI is InChI=1S/C14H18N2OS/c1-7-6-9(14(3,4)5)16-13-10(7)11(15)12(18-13)8(2)17/h6H,15H2,1-5H3/p+1. The molecule has 0 radical (unpaired) electrons. The van der Waals surface area contributed by atoms with E-state index in [4.69, 9.17) is 5.73 Å². The van der Waals surface area contributed by atoms with Gasteiger partial charge in [-0.15, -0.1) is 0 Å². The average Bonchev–Trinajstić information content (AvgIpc) is 2.55. The highest BCUT2D eigenvalue weighted by molar-refractivity contribution is 7.20. The fraction of sp³-hybridized carbons (Fsp3) is 0.429. The van der Waals surface area contributed by atoms with Crippen molar-refractivity contribution < 1.29 is 9.78 Å². The van der Waals surface area contributed by atoms with Gasteiger partial charge in [-0.25, -0.2) is 0 Å². The Hall–Kier alpha value is -1.42. The molecule has 0 saturated heterocycles. The van der Waals surface area contributed by atoms with Gasteiger partial charge in [-0.05, 0) is 12.5 Å². The van der Waals surface area contributed by atoms with Crippen molar-refractivity contribution in [2.75, 3.05) is 5.73 Å². The SMILES string of the molecule is CC(=O)c1sc2[nH+]c(C(C)(C)C)cc(C)c2c1N. The molecule has 18 heavy (non-hydrogen) atoms. The molecule has 2 aromatic heterocycles. The first kappa shape index (κ1) is 13.0. The molecule has 0 amide bonds. The minimum atomic E-state index is 0.0267. The predicted octanol–water partition coefficient (Wildman–Crippen LogP) is 3.11. The van der Waals surface area contributed by atoms with Gasteiger partial charge in [-0.3, -0.25) is 4.79 Å². The van der Waals surface area contributed by atoms with Crippen molar-refractivity contribution in [1.82, 2.24) is 0 Å². The third kappa shape index (κ3) is 2.01. The van der Waals surface area contributed by atoms with Gasteiger partial charge in [0.25, 0.3) is 4.83 Å². The summed E-state index contributed by atoms with van der Waals surface area (Å²) in [6.07, 6.45) is 0. The number of ketones is 1. The average molecular weight is 263 g/mol. The quantitative estimate of drug-likeness (QED) is 0.804. The molecule has 0 aliphatic rings. The number of fused-ring (bicyclic) bond motifs is 1. The van der Waals surface area contributed by atoms with Crippen LogP contribution in [-0.4, -0.2) is 5.78 Å². The van der Waals surface area contributed by atoms with E-state index in [1.54, 1.807) is 6.92 Å². The minimum Gasteiger partial charge on any atom is -0.397 e. The van der Waals surface area contributed by atoms with E-state index in [-0.39, 0.29) is 11.2 Å². The number of thiophene rings is 1. The van der Waals surface area contributed by atoms with Gasteiger partial charge in [-0.2, -0.15) is 4.98 Å². The fourth-order valence-electron chi connectivity index (χ4n) is 2.04. The Labute approximate surface area is 111 Å². The number of rotatable bonds is 1. The summed E-state index contributed by atoms with van der Waals surface area (Å²) in [5.74, 6) is 0.0267. The van der Waals surface area contributed by atoms with Crippen molar-refractivity contribution >= 4 is 33.0 Å².